The van der Waals surface area contributed by atoms with Gasteiger partial charge in [0.1, 0.15) is 5.75 Å². The topological polar surface area (TPSA) is 52.5 Å². The van der Waals surface area contributed by atoms with E-state index in [1.54, 1.807) is 0 Å². The van der Waals surface area contributed by atoms with Crippen LogP contribution in [-0.4, -0.2) is 22.9 Å². The van der Waals surface area contributed by atoms with E-state index in [2.05, 4.69) is 5.32 Å². The van der Waals surface area contributed by atoms with Gasteiger partial charge in [-0.3, -0.25) is 0 Å². The molecule has 0 amide bonds. The Bertz CT molecular complexity index is 363. The first kappa shape index (κ1) is 13.0. The Morgan fingerprint density at radius 3 is 2.44 bits per heavy atom. The highest BCUT2D eigenvalue weighted by atomic mass is 16.3. The van der Waals surface area contributed by atoms with Gasteiger partial charge in [0.2, 0.25) is 0 Å². The molecule has 0 spiro atoms. The third-order valence-corrected chi connectivity index (χ3v) is 3.01. The summed E-state index contributed by atoms with van der Waals surface area (Å²) in [5.74, 6) is 0.352. The number of nitrogens with one attached hydrogen (secondary N) is 1. The highest BCUT2D eigenvalue weighted by Gasteiger charge is 2.14. The summed E-state index contributed by atoms with van der Waals surface area (Å²) in [6, 6.07) is 3.99. The molecular weight excluding hydrogens is 202 g/mol. The number of phenolic OH excluding ortho intramolecular Hbond substituents is 1. The maximum Gasteiger partial charge on any atom is 0.123 e. The van der Waals surface area contributed by atoms with E-state index in [-0.39, 0.29) is 18.7 Å². The van der Waals surface area contributed by atoms with Gasteiger partial charge in [-0.2, -0.15) is 0 Å². The molecule has 0 heterocycles. The fourth-order valence-corrected chi connectivity index (χ4v) is 1.74. The van der Waals surface area contributed by atoms with Crippen molar-refractivity contribution in [2.75, 3.05) is 6.61 Å². The Morgan fingerprint density at radius 1 is 1.25 bits per heavy atom. The maximum atomic E-state index is 10.0. The summed E-state index contributed by atoms with van der Waals surface area (Å²) in [4.78, 5) is 0. The SMILES string of the molecule is Cc1ccc(C(C)NC(C)CO)c(O)c1C. The molecule has 3 heteroatoms. The molecule has 0 bridgehead atoms. The van der Waals surface area contributed by atoms with Crippen LogP contribution in [0.4, 0.5) is 0 Å². The van der Waals surface area contributed by atoms with Crippen molar-refractivity contribution in [1.29, 1.82) is 0 Å². The van der Waals surface area contributed by atoms with E-state index in [1.807, 2.05) is 39.8 Å². The highest BCUT2D eigenvalue weighted by Crippen LogP contribution is 2.29. The largest absolute Gasteiger partial charge is 0.507 e. The van der Waals surface area contributed by atoms with Crippen molar-refractivity contribution < 1.29 is 10.2 Å². The Labute approximate surface area is 97.1 Å². The van der Waals surface area contributed by atoms with Crippen LogP contribution >= 0.6 is 0 Å². The number of hydrogen-bond donors (Lipinski definition) is 3. The molecule has 0 saturated carbocycles. The lowest BCUT2D eigenvalue weighted by Gasteiger charge is -2.20. The van der Waals surface area contributed by atoms with Crippen LogP contribution in [0, 0.1) is 13.8 Å². The Morgan fingerprint density at radius 2 is 1.88 bits per heavy atom. The van der Waals surface area contributed by atoms with Gasteiger partial charge in [-0.1, -0.05) is 12.1 Å². The molecule has 0 aromatic heterocycles. The zero-order valence-electron chi connectivity index (χ0n) is 10.4. The molecular formula is C13H21NO2. The first-order valence-corrected chi connectivity index (χ1v) is 5.63. The second-order valence-corrected chi connectivity index (χ2v) is 4.42. The summed E-state index contributed by atoms with van der Waals surface area (Å²) in [5, 5.41) is 22.2. The average molecular weight is 223 g/mol. The standard InChI is InChI=1S/C13H21NO2/c1-8-5-6-12(13(16)10(8)3)11(4)14-9(2)7-15/h5-6,9,11,14-16H,7H2,1-4H3. The Hall–Kier alpha value is -1.06. The molecule has 0 saturated heterocycles. The number of aliphatic hydroxyl groups is 1. The molecule has 16 heavy (non-hydrogen) atoms. The number of aliphatic hydroxyl groups excluding tert-OH is 1. The molecule has 0 aliphatic carbocycles. The lowest BCUT2D eigenvalue weighted by atomic mass is 9.99. The van der Waals surface area contributed by atoms with Gasteiger partial charge in [-0.05, 0) is 38.8 Å². The zero-order valence-corrected chi connectivity index (χ0v) is 10.4. The van der Waals surface area contributed by atoms with Crippen molar-refractivity contribution in [1.82, 2.24) is 5.32 Å². The van der Waals surface area contributed by atoms with Gasteiger partial charge in [-0.25, -0.2) is 0 Å². The van der Waals surface area contributed by atoms with Crippen molar-refractivity contribution in [3.63, 3.8) is 0 Å². The zero-order chi connectivity index (χ0) is 12.3. The van der Waals surface area contributed by atoms with E-state index < -0.39 is 0 Å². The monoisotopic (exact) mass is 223 g/mol. The van der Waals surface area contributed by atoms with Gasteiger partial charge in [0.15, 0.2) is 0 Å². The van der Waals surface area contributed by atoms with Crippen molar-refractivity contribution >= 4 is 0 Å². The summed E-state index contributed by atoms with van der Waals surface area (Å²) >= 11 is 0. The highest BCUT2D eigenvalue weighted by molar-refractivity contribution is 5.45. The quantitative estimate of drug-likeness (QED) is 0.732. The molecule has 0 fully saturated rings. The number of aryl methyl sites for hydroxylation is 1. The van der Waals surface area contributed by atoms with E-state index in [9.17, 15) is 5.11 Å². The normalized spacial score (nSPS) is 14.8. The Balaban J connectivity index is 2.92. The first-order chi connectivity index (χ1) is 7.47. The van der Waals surface area contributed by atoms with E-state index in [4.69, 9.17) is 5.11 Å². The minimum absolute atomic E-state index is 0.0241. The van der Waals surface area contributed by atoms with E-state index in [1.165, 1.54) is 0 Å². The van der Waals surface area contributed by atoms with Crippen LogP contribution < -0.4 is 5.32 Å². The number of hydrogen-bond acceptors (Lipinski definition) is 3. The molecule has 0 aliphatic rings. The predicted octanol–water partition coefficient (Wildman–Crippen LogP) is 2.04. The van der Waals surface area contributed by atoms with Crippen molar-refractivity contribution in [3.05, 3.63) is 28.8 Å². The number of aromatic hydroxyl groups is 1. The van der Waals surface area contributed by atoms with Crippen LogP contribution in [0.3, 0.4) is 0 Å². The smallest absolute Gasteiger partial charge is 0.123 e. The first-order valence-electron chi connectivity index (χ1n) is 5.63. The van der Waals surface area contributed by atoms with Crippen LogP contribution in [0.15, 0.2) is 12.1 Å². The van der Waals surface area contributed by atoms with Gasteiger partial charge in [-0.15, -0.1) is 0 Å². The molecule has 3 N–H and O–H groups in total. The van der Waals surface area contributed by atoms with Crippen LogP contribution in [-0.2, 0) is 0 Å². The molecule has 3 nitrogen and oxygen atoms in total. The van der Waals surface area contributed by atoms with E-state index in [0.717, 1.165) is 16.7 Å². The van der Waals surface area contributed by atoms with Crippen molar-refractivity contribution in [3.8, 4) is 5.75 Å². The summed E-state index contributed by atoms with van der Waals surface area (Å²) in [7, 11) is 0. The van der Waals surface area contributed by atoms with Gasteiger partial charge < -0.3 is 15.5 Å². The number of benzene rings is 1. The van der Waals surface area contributed by atoms with Gasteiger partial charge in [0, 0.05) is 17.6 Å². The Kier molecular flexibility index (Phi) is 4.33. The molecule has 2 atom stereocenters. The molecule has 1 aromatic rings. The summed E-state index contributed by atoms with van der Waals surface area (Å²) in [6.45, 7) is 7.88. The summed E-state index contributed by atoms with van der Waals surface area (Å²) in [6.07, 6.45) is 0. The second kappa shape index (κ2) is 5.32. The van der Waals surface area contributed by atoms with E-state index >= 15 is 0 Å². The van der Waals surface area contributed by atoms with Gasteiger partial charge >= 0.3 is 0 Å². The fourth-order valence-electron chi connectivity index (χ4n) is 1.74. The van der Waals surface area contributed by atoms with Crippen LogP contribution in [0.25, 0.3) is 0 Å². The molecule has 1 aromatic carbocycles. The lowest BCUT2D eigenvalue weighted by molar-refractivity contribution is 0.242. The molecule has 1 rings (SSSR count). The maximum absolute atomic E-state index is 10.0. The average Bonchev–Trinajstić information content (AvgIpc) is 2.25. The summed E-state index contributed by atoms with van der Waals surface area (Å²) < 4.78 is 0. The van der Waals surface area contributed by atoms with Gasteiger partial charge in [0.25, 0.3) is 0 Å². The third-order valence-electron chi connectivity index (χ3n) is 3.01. The van der Waals surface area contributed by atoms with Crippen LogP contribution in [0.1, 0.15) is 36.6 Å². The van der Waals surface area contributed by atoms with Crippen LogP contribution in [0.5, 0.6) is 5.75 Å². The number of rotatable bonds is 4. The molecule has 0 aliphatic heterocycles. The molecule has 90 valence electrons. The minimum Gasteiger partial charge on any atom is -0.507 e. The van der Waals surface area contributed by atoms with Crippen LogP contribution in [0.2, 0.25) is 0 Å². The van der Waals surface area contributed by atoms with E-state index in [0.29, 0.717) is 5.75 Å². The summed E-state index contributed by atoms with van der Waals surface area (Å²) in [5.41, 5.74) is 2.88. The minimum atomic E-state index is 0.0241. The van der Waals surface area contributed by atoms with Gasteiger partial charge in [0.05, 0.1) is 6.61 Å². The van der Waals surface area contributed by atoms with Crippen molar-refractivity contribution in [2.24, 2.45) is 0 Å². The predicted molar refractivity (Wildman–Crippen MR) is 65.7 cm³/mol. The lowest BCUT2D eigenvalue weighted by Crippen LogP contribution is -2.31. The van der Waals surface area contributed by atoms with Crippen molar-refractivity contribution in [2.45, 2.75) is 39.8 Å². The molecule has 0 radical (unpaired) electrons. The second-order valence-electron chi connectivity index (χ2n) is 4.42. The molecule has 2 unspecified atom stereocenters. The third kappa shape index (κ3) is 2.74. The fraction of sp³-hybridized carbons (Fsp3) is 0.538. The number of phenols is 1.